The van der Waals surface area contributed by atoms with Crippen molar-refractivity contribution >= 4 is 23.2 Å². The van der Waals surface area contributed by atoms with Crippen LogP contribution in [0.5, 0.6) is 0 Å². The summed E-state index contributed by atoms with van der Waals surface area (Å²) in [6.07, 6.45) is 0. The average Bonchev–Trinajstić information content (AvgIpc) is 2.38. The van der Waals surface area contributed by atoms with Crippen molar-refractivity contribution in [1.29, 1.82) is 0 Å². The molecule has 0 spiro atoms. The molecular weight excluding hydrogens is 303 g/mol. The third kappa shape index (κ3) is 4.45. The van der Waals surface area contributed by atoms with Crippen molar-refractivity contribution in [3.63, 3.8) is 0 Å². The highest BCUT2D eigenvalue weighted by Crippen LogP contribution is 2.27. The van der Waals surface area contributed by atoms with E-state index >= 15 is 0 Å². The summed E-state index contributed by atoms with van der Waals surface area (Å²) in [5, 5.41) is 1.28. The molecule has 0 heterocycles. The Balaban J connectivity index is 2.20. The van der Waals surface area contributed by atoms with Gasteiger partial charge in [0.25, 0.3) is 0 Å². The zero-order valence-corrected chi connectivity index (χ0v) is 13.8. The van der Waals surface area contributed by atoms with E-state index in [2.05, 4.69) is 43.1 Å². The van der Waals surface area contributed by atoms with Crippen LogP contribution in [0.4, 0.5) is 0 Å². The van der Waals surface area contributed by atoms with Crippen molar-refractivity contribution in [2.24, 2.45) is 5.73 Å². The molecule has 2 aromatic rings. The van der Waals surface area contributed by atoms with Gasteiger partial charge in [-0.25, -0.2) is 0 Å². The van der Waals surface area contributed by atoms with Gasteiger partial charge in [0.1, 0.15) is 0 Å². The van der Waals surface area contributed by atoms with Crippen LogP contribution in [0.2, 0.25) is 10.0 Å². The van der Waals surface area contributed by atoms with Crippen LogP contribution in [0.15, 0.2) is 42.5 Å². The van der Waals surface area contributed by atoms with Crippen molar-refractivity contribution < 1.29 is 0 Å². The number of hydrogen-bond acceptors (Lipinski definition) is 2. The molecule has 21 heavy (non-hydrogen) atoms. The van der Waals surface area contributed by atoms with Gasteiger partial charge in [-0.15, -0.1) is 0 Å². The zero-order chi connectivity index (χ0) is 15.4. The number of hydrogen-bond donors (Lipinski definition) is 1. The van der Waals surface area contributed by atoms with Crippen molar-refractivity contribution in [1.82, 2.24) is 4.90 Å². The molecule has 0 fully saturated rings. The number of halogens is 2. The molecule has 4 heteroatoms. The molecule has 0 radical (unpaired) electrons. The lowest BCUT2D eigenvalue weighted by Gasteiger charge is -2.28. The number of nitrogens with two attached hydrogens (primary N) is 1. The molecular formula is C17H20Cl2N2. The highest BCUT2D eigenvalue weighted by Gasteiger charge is 2.17. The molecule has 0 amide bonds. The van der Waals surface area contributed by atoms with E-state index in [0.717, 1.165) is 12.1 Å². The zero-order valence-electron chi connectivity index (χ0n) is 12.3. The lowest BCUT2D eigenvalue weighted by molar-refractivity contribution is 0.242. The predicted molar refractivity (Wildman–Crippen MR) is 90.9 cm³/mol. The Labute approximate surface area is 136 Å². The summed E-state index contributed by atoms with van der Waals surface area (Å²) in [5.74, 6) is 0. The van der Waals surface area contributed by atoms with Crippen LogP contribution < -0.4 is 5.73 Å². The van der Waals surface area contributed by atoms with Crippen LogP contribution in [0, 0.1) is 6.92 Å². The first-order chi connectivity index (χ1) is 9.99. The van der Waals surface area contributed by atoms with Gasteiger partial charge in [0.15, 0.2) is 0 Å². The Morgan fingerprint density at radius 3 is 2.33 bits per heavy atom. The van der Waals surface area contributed by atoms with Crippen LogP contribution in [0.25, 0.3) is 0 Å². The molecule has 2 rings (SSSR count). The molecule has 112 valence electrons. The summed E-state index contributed by atoms with van der Waals surface area (Å²) in [6, 6.07) is 14.2. The van der Waals surface area contributed by atoms with Crippen molar-refractivity contribution in [2.45, 2.75) is 19.5 Å². The van der Waals surface area contributed by atoms with E-state index in [-0.39, 0.29) is 6.04 Å². The number of likely N-dealkylation sites (N-methyl/N-ethyl adjacent to an activating group) is 1. The van der Waals surface area contributed by atoms with E-state index in [1.165, 1.54) is 11.1 Å². The molecule has 2 aromatic carbocycles. The average molecular weight is 323 g/mol. The van der Waals surface area contributed by atoms with Gasteiger partial charge in [-0.05, 0) is 43.3 Å². The molecule has 0 aliphatic heterocycles. The van der Waals surface area contributed by atoms with E-state index in [0.29, 0.717) is 16.6 Å². The fraction of sp³-hybridized carbons (Fsp3) is 0.294. The van der Waals surface area contributed by atoms with Gasteiger partial charge in [-0.1, -0.05) is 53.0 Å². The van der Waals surface area contributed by atoms with Crippen LogP contribution in [-0.4, -0.2) is 18.5 Å². The summed E-state index contributed by atoms with van der Waals surface area (Å²) >= 11 is 12.2. The first-order valence-corrected chi connectivity index (χ1v) is 7.67. The predicted octanol–water partition coefficient (Wildman–Crippen LogP) is 4.43. The van der Waals surface area contributed by atoms with E-state index in [9.17, 15) is 0 Å². The summed E-state index contributed by atoms with van der Waals surface area (Å²) in [7, 11) is 2.06. The summed E-state index contributed by atoms with van der Waals surface area (Å²) < 4.78 is 0. The van der Waals surface area contributed by atoms with Gasteiger partial charge in [-0.2, -0.15) is 0 Å². The number of nitrogens with zero attached hydrogens (tertiary/aromatic N) is 1. The van der Waals surface area contributed by atoms with Crippen molar-refractivity contribution in [3.05, 3.63) is 69.2 Å². The van der Waals surface area contributed by atoms with Crippen LogP contribution >= 0.6 is 23.2 Å². The summed E-state index contributed by atoms with van der Waals surface area (Å²) in [6.45, 7) is 3.44. The fourth-order valence-electron chi connectivity index (χ4n) is 2.55. The highest BCUT2D eigenvalue weighted by atomic mass is 35.5. The minimum atomic E-state index is 0.0849. The standard InChI is InChI=1S/C17H20Cl2N2/c1-12-4-3-5-13(6-12)11-21(2)17(10-20)14-7-15(18)9-16(19)8-14/h3-9,17H,10-11,20H2,1-2H3. The minimum absolute atomic E-state index is 0.0849. The lowest BCUT2D eigenvalue weighted by atomic mass is 10.0. The molecule has 1 unspecified atom stereocenters. The largest absolute Gasteiger partial charge is 0.329 e. The quantitative estimate of drug-likeness (QED) is 0.882. The van der Waals surface area contributed by atoms with E-state index in [1.54, 1.807) is 6.07 Å². The third-order valence-corrected chi connectivity index (χ3v) is 3.98. The molecule has 2 N–H and O–H groups in total. The maximum atomic E-state index is 6.09. The van der Waals surface area contributed by atoms with E-state index < -0.39 is 0 Å². The molecule has 0 aliphatic carbocycles. The molecule has 0 aromatic heterocycles. The molecule has 2 nitrogen and oxygen atoms in total. The van der Waals surface area contributed by atoms with Gasteiger partial charge < -0.3 is 5.73 Å². The Morgan fingerprint density at radius 1 is 1.10 bits per heavy atom. The number of benzene rings is 2. The second kappa shape index (κ2) is 7.28. The van der Waals surface area contributed by atoms with Gasteiger partial charge in [0.2, 0.25) is 0 Å². The summed E-state index contributed by atoms with van der Waals surface area (Å²) in [5.41, 5.74) is 9.54. The molecule has 0 bridgehead atoms. The fourth-order valence-corrected chi connectivity index (χ4v) is 3.09. The van der Waals surface area contributed by atoms with E-state index in [1.807, 2.05) is 12.1 Å². The topological polar surface area (TPSA) is 29.3 Å². The molecule has 1 atom stereocenters. The SMILES string of the molecule is Cc1cccc(CN(C)C(CN)c2cc(Cl)cc(Cl)c2)c1. The Morgan fingerprint density at radius 2 is 1.76 bits per heavy atom. The van der Waals surface area contributed by atoms with Gasteiger partial charge >= 0.3 is 0 Å². The maximum absolute atomic E-state index is 6.09. The number of rotatable bonds is 5. The highest BCUT2D eigenvalue weighted by molar-refractivity contribution is 6.34. The van der Waals surface area contributed by atoms with Gasteiger partial charge in [0.05, 0.1) is 0 Å². The lowest BCUT2D eigenvalue weighted by Crippen LogP contribution is -2.30. The van der Waals surface area contributed by atoms with Crippen molar-refractivity contribution in [2.75, 3.05) is 13.6 Å². The van der Waals surface area contributed by atoms with E-state index in [4.69, 9.17) is 28.9 Å². The van der Waals surface area contributed by atoms with Crippen molar-refractivity contribution in [3.8, 4) is 0 Å². The Bertz CT molecular complexity index is 593. The first kappa shape index (κ1) is 16.3. The molecule has 0 aliphatic rings. The summed E-state index contributed by atoms with van der Waals surface area (Å²) in [4.78, 5) is 2.22. The van der Waals surface area contributed by atoms with Crippen LogP contribution in [0.1, 0.15) is 22.7 Å². The Hall–Kier alpha value is -1.06. The molecule has 0 saturated carbocycles. The number of aryl methyl sites for hydroxylation is 1. The third-order valence-electron chi connectivity index (χ3n) is 3.54. The van der Waals surface area contributed by atoms with Crippen LogP contribution in [-0.2, 0) is 6.54 Å². The maximum Gasteiger partial charge on any atom is 0.0472 e. The first-order valence-electron chi connectivity index (χ1n) is 6.91. The second-order valence-electron chi connectivity index (χ2n) is 5.36. The van der Waals surface area contributed by atoms with Gasteiger partial charge in [0, 0.05) is 29.2 Å². The minimum Gasteiger partial charge on any atom is -0.329 e. The Kier molecular flexibility index (Phi) is 5.65. The molecule has 0 saturated heterocycles. The monoisotopic (exact) mass is 322 g/mol. The van der Waals surface area contributed by atoms with Crippen LogP contribution in [0.3, 0.4) is 0 Å². The van der Waals surface area contributed by atoms with Gasteiger partial charge in [-0.3, -0.25) is 4.90 Å². The smallest absolute Gasteiger partial charge is 0.0472 e. The normalized spacial score (nSPS) is 12.7. The second-order valence-corrected chi connectivity index (χ2v) is 6.23.